The van der Waals surface area contributed by atoms with Crippen LogP contribution in [0.4, 0.5) is 4.39 Å². The number of halogens is 1. The third kappa shape index (κ3) is 3.25. The lowest BCUT2D eigenvalue weighted by atomic mass is 10.3. The van der Waals surface area contributed by atoms with E-state index in [1.807, 2.05) is 0 Å². The highest BCUT2D eigenvalue weighted by molar-refractivity contribution is 5.91. The second-order valence-corrected chi connectivity index (χ2v) is 3.52. The van der Waals surface area contributed by atoms with Crippen molar-refractivity contribution in [3.63, 3.8) is 0 Å². The maximum atomic E-state index is 12.8. The summed E-state index contributed by atoms with van der Waals surface area (Å²) in [5, 5.41) is 0. The van der Waals surface area contributed by atoms with Crippen LogP contribution in [0.25, 0.3) is 0 Å². The molecule has 0 aliphatic heterocycles. The van der Waals surface area contributed by atoms with Crippen LogP contribution in [0.1, 0.15) is 17.3 Å². The first-order valence-electron chi connectivity index (χ1n) is 5.61. The minimum Gasteiger partial charge on any atom is -0.462 e. The van der Waals surface area contributed by atoms with Crippen LogP contribution in [0.3, 0.4) is 0 Å². The topological polar surface area (TPSA) is 61.3 Å². The molecule has 2 aromatic rings. The zero-order valence-corrected chi connectivity index (χ0v) is 10.2. The number of nitrogens with zero attached hydrogens (tertiary/aromatic N) is 2. The summed E-state index contributed by atoms with van der Waals surface area (Å²) >= 11 is 0. The van der Waals surface area contributed by atoms with Gasteiger partial charge in [0.2, 0.25) is 5.88 Å². The van der Waals surface area contributed by atoms with Crippen molar-refractivity contribution in [2.75, 3.05) is 6.61 Å². The van der Waals surface area contributed by atoms with Crippen molar-refractivity contribution in [1.82, 2.24) is 9.97 Å². The van der Waals surface area contributed by atoms with E-state index in [-0.39, 0.29) is 23.9 Å². The molecule has 0 radical (unpaired) electrons. The number of aromatic nitrogens is 2. The van der Waals surface area contributed by atoms with Crippen molar-refractivity contribution < 1.29 is 18.7 Å². The molecule has 0 saturated heterocycles. The molecule has 19 heavy (non-hydrogen) atoms. The smallest absolute Gasteiger partial charge is 0.345 e. The van der Waals surface area contributed by atoms with Crippen LogP contribution < -0.4 is 4.74 Å². The lowest BCUT2D eigenvalue weighted by Gasteiger charge is -2.08. The van der Waals surface area contributed by atoms with Gasteiger partial charge in [0.25, 0.3) is 0 Å². The number of benzene rings is 1. The summed E-state index contributed by atoms with van der Waals surface area (Å²) < 4.78 is 23.1. The summed E-state index contributed by atoms with van der Waals surface area (Å²) in [6, 6.07) is 5.37. The van der Waals surface area contributed by atoms with Gasteiger partial charge in [0.1, 0.15) is 23.5 Å². The van der Waals surface area contributed by atoms with Crippen LogP contribution >= 0.6 is 0 Å². The molecule has 0 atom stereocenters. The number of esters is 1. The van der Waals surface area contributed by atoms with Crippen molar-refractivity contribution >= 4 is 5.97 Å². The zero-order valence-electron chi connectivity index (χ0n) is 10.2. The van der Waals surface area contributed by atoms with Gasteiger partial charge in [-0.3, -0.25) is 0 Å². The summed E-state index contributed by atoms with van der Waals surface area (Å²) in [5.41, 5.74) is 0.119. The molecule has 6 heteroatoms. The Hall–Kier alpha value is -2.50. The van der Waals surface area contributed by atoms with Gasteiger partial charge in [-0.05, 0) is 31.2 Å². The van der Waals surface area contributed by atoms with E-state index < -0.39 is 5.97 Å². The van der Waals surface area contributed by atoms with Crippen LogP contribution in [0.15, 0.2) is 36.8 Å². The highest BCUT2D eigenvalue weighted by atomic mass is 19.1. The summed E-state index contributed by atoms with van der Waals surface area (Å²) in [6.07, 6.45) is 2.56. The molecular formula is C13H11FN2O3. The monoisotopic (exact) mass is 262 g/mol. The second-order valence-electron chi connectivity index (χ2n) is 3.52. The molecule has 2 rings (SSSR count). The van der Waals surface area contributed by atoms with Gasteiger partial charge >= 0.3 is 5.97 Å². The lowest BCUT2D eigenvalue weighted by molar-refractivity contribution is 0.0522. The Bertz CT molecular complexity index is 572. The third-order valence-electron chi connectivity index (χ3n) is 2.20. The molecule has 1 aromatic heterocycles. The van der Waals surface area contributed by atoms with E-state index in [4.69, 9.17) is 9.47 Å². The molecule has 0 aliphatic carbocycles. The molecule has 0 amide bonds. The largest absolute Gasteiger partial charge is 0.462 e. The molecule has 98 valence electrons. The zero-order chi connectivity index (χ0) is 13.7. The predicted octanol–water partition coefficient (Wildman–Crippen LogP) is 2.58. The van der Waals surface area contributed by atoms with Gasteiger partial charge in [0.05, 0.1) is 6.61 Å². The Labute approximate surface area is 109 Å². The van der Waals surface area contributed by atoms with E-state index in [1.165, 1.54) is 36.8 Å². The van der Waals surface area contributed by atoms with Gasteiger partial charge in [-0.15, -0.1) is 0 Å². The van der Waals surface area contributed by atoms with Crippen LogP contribution in [0.2, 0.25) is 0 Å². The van der Waals surface area contributed by atoms with Crippen LogP contribution in [0, 0.1) is 5.82 Å². The molecule has 5 nitrogen and oxygen atoms in total. The first kappa shape index (κ1) is 12.9. The summed E-state index contributed by atoms with van der Waals surface area (Å²) in [5.74, 6) is -0.508. The quantitative estimate of drug-likeness (QED) is 0.792. The number of carbonyl (C=O) groups is 1. The van der Waals surface area contributed by atoms with Crippen LogP contribution in [-0.4, -0.2) is 22.5 Å². The first-order valence-corrected chi connectivity index (χ1v) is 5.61. The van der Waals surface area contributed by atoms with Gasteiger partial charge in [-0.2, -0.15) is 0 Å². The van der Waals surface area contributed by atoms with E-state index in [2.05, 4.69) is 9.97 Å². The minimum absolute atomic E-state index is 0.0695. The van der Waals surface area contributed by atoms with E-state index in [1.54, 1.807) is 6.92 Å². The molecule has 0 N–H and O–H groups in total. The molecule has 0 fully saturated rings. The normalized spacial score (nSPS) is 10.0. The summed E-state index contributed by atoms with van der Waals surface area (Å²) in [4.78, 5) is 19.3. The van der Waals surface area contributed by atoms with Gasteiger partial charge in [-0.25, -0.2) is 19.2 Å². The second kappa shape index (κ2) is 5.90. The maximum Gasteiger partial charge on any atom is 0.345 e. The molecular weight excluding hydrogens is 251 g/mol. The molecule has 0 unspecified atom stereocenters. The van der Waals surface area contributed by atoms with E-state index in [9.17, 15) is 9.18 Å². The Morgan fingerprint density at radius 1 is 1.32 bits per heavy atom. The predicted molar refractivity (Wildman–Crippen MR) is 64.5 cm³/mol. The Kier molecular flexibility index (Phi) is 4.02. The fraction of sp³-hybridized carbons (Fsp3) is 0.154. The van der Waals surface area contributed by atoms with E-state index >= 15 is 0 Å². The number of ether oxygens (including phenoxy) is 2. The number of hydrogen-bond donors (Lipinski definition) is 0. The fourth-order valence-electron chi connectivity index (χ4n) is 1.36. The SMILES string of the molecule is CCOC(=O)c1cncnc1Oc1ccc(F)cc1. The average molecular weight is 262 g/mol. The molecule has 0 aliphatic rings. The van der Waals surface area contributed by atoms with Gasteiger partial charge in [0.15, 0.2) is 0 Å². The van der Waals surface area contributed by atoms with Crippen molar-refractivity contribution in [2.24, 2.45) is 0 Å². The van der Waals surface area contributed by atoms with Gasteiger partial charge < -0.3 is 9.47 Å². The summed E-state index contributed by atoms with van der Waals surface area (Å²) in [7, 11) is 0. The average Bonchev–Trinajstić information content (AvgIpc) is 2.42. The third-order valence-corrected chi connectivity index (χ3v) is 2.20. The molecule has 1 aromatic carbocycles. The fourth-order valence-corrected chi connectivity index (χ4v) is 1.36. The number of rotatable bonds is 4. The lowest BCUT2D eigenvalue weighted by Crippen LogP contribution is -2.08. The van der Waals surface area contributed by atoms with Crippen molar-refractivity contribution in [3.8, 4) is 11.6 Å². The first-order chi connectivity index (χ1) is 9.20. The van der Waals surface area contributed by atoms with Crippen molar-refractivity contribution in [1.29, 1.82) is 0 Å². The minimum atomic E-state index is -0.569. The highest BCUT2D eigenvalue weighted by Crippen LogP contribution is 2.22. The Balaban J connectivity index is 2.24. The number of hydrogen-bond acceptors (Lipinski definition) is 5. The van der Waals surface area contributed by atoms with Gasteiger partial charge in [0, 0.05) is 6.20 Å². The summed E-state index contributed by atoms with van der Waals surface area (Å²) in [6.45, 7) is 1.94. The molecule has 0 bridgehead atoms. The van der Waals surface area contributed by atoms with Crippen LogP contribution in [-0.2, 0) is 4.74 Å². The maximum absolute atomic E-state index is 12.8. The Morgan fingerprint density at radius 3 is 2.74 bits per heavy atom. The van der Waals surface area contributed by atoms with Crippen molar-refractivity contribution in [3.05, 3.63) is 48.2 Å². The Morgan fingerprint density at radius 2 is 2.05 bits per heavy atom. The van der Waals surface area contributed by atoms with E-state index in [0.29, 0.717) is 5.75 Å². The number of carbonyl (C=O) groups excluding carboxylic acids is 1. The van der Waals surface area contributed by atoms with Gasteiger partial charge in [-0.1, -0.05) is 0 Å². The molecule has 1 heterocycles. The molecule has 0 spiro atoms. The highest BCUT2D eigenvalue weighted by Gasteiger charge is 2.15. The van der Waals surface area contributed by atoms with Crippen molar-refractivity contribution in [2.45, 2.75) is 6.92 Å². The van der Waals surface area contributed by atoms with Crippen LogP contribution in [0.5, 0.6) is 11.6 Å². The standard InChI is InChI=1S/C13H11FN2O3/c1-2-18-13(17)11-7-15-8-16-12(11)19-10-5-3-9(14)4-6-10/h3-8H,2H2,1H3. The van der Waals surface area contributed by atoms with E-state index in [0.717, 1.165) is 0 Å². The molecule has 0 saturated carbocycles.